The second-order valence-corrected chi connectivity index (χ2v) is 8.41. The molecular weight excluding hydrogens is 420 g/mol. The van der Waals surface area contributed by atoms with E-state index in [0.29, 0.717) is 12.2 Å². The number of nitrogens with one attached hydrogen (secondary N) is 1. The molecule has 0 aliphatic carbocycles. The molecule has 0 fully saturated rings. The van der Waals surface area contributed by atoms with E-state index in [0.717, 1.165) is 16.7 Å². The molecule has 2 heterocycles. The topological polar surface area (TPSA) is 93.5 Å². The maximum absolute atomic E-state index is 13.8. The number of hydrogen-bond donors (Lipinski definition) is 1. The molecule has 3 aromatic rings. The third-order valence-corrected chi connectivity index (χ3v) is 6.13. The summed E-state index contributed by atoms with van der Waals surface area (Å²) in [7, 11) is 1.24. The van der Waals surface area contributed by atoms with E-state index in [-0.39, 0.29) is 23.8 Å². The molecular formula is C25H26N4O4. The highest BCUT2D eigenvalue weighted by atomic mass is 16.5. The minimum absolute atomic E-state index is 0.0666. The van der Waals surface area contributed by atoms with Gasteiger partial charge in [0.1, 0.15) is 11.2 Å². The van der Waals surface area contributed by atoms with Crippen LogP contribution in [-0.2, 0) is 22.6 Å². The number of carbonyl (C=O) groups excluding carboxylic acids is 3. The predicted octanol–water partition coefficient (Wildman–Crippen LogP) is 3.02. The first kappa shape index (κ1) is 22.3. The third kappa shape index (κ3) is 3.88. The Kier molecular flexibility index (Phi) is 5.76. The Labute approximate surface area is 192 Å². The van der Waals surface area contributed by atoms with Crippen molar-refractivity contribution in [3.63, 3.8) is 0 Å². The molecule has 1 aliphatic heterocycles. The molecule has 0 unspecified atom stereocenters. The summed E-state index contributed by atoms with van der Waals surface area (Å²) in [4.78, 5) is 45.1. The molecule has 2 aromatic carbocycles. The highest BCUT2D eigenvalue weighted by Crippen LogP contribution is 2.34. The van der Waals surface area contributed by atoms with Gasteiger partial charge in [-0.3, -0.25) is 14.5 Å². The van der Waals surface area contributed by atoms with E-state index in [1.165, 1.54) is 18.3 Å². The summed E-state index contributed by atoms with van der Waals surface area (Å²) in [6, 6.07) is 15.2. The monoisotopic (exact) mass is 446 g/mol. The summed E-state index contributed by atoms with van der Waals surface area (Å²) in [5.41, 5.74) is 2.36. The SMILES string of the molecule is COC(=O)c1ncn2c1C(=O)N(c1ccc(C)c(C)c1)[C@](C)(C(=O)NCc1ccccc1)C2. The average molecular weight is 447 g/mol. The van der Waals surface area contributed by atoms with Gasteiger partial charge in [0.05, 0.1) is 20.0 Å². The number of ether oxygens (including phenoxy) is 1. The Morgan fingerprint density at radius 1 is 1.12 bits per heavy atom. The lowest BCUT2D eigenvalue weighted by Gasteiger charge is -2.43. The van der Waals surface area contributed by atoms with Crippen molar-refractivity contribution in [1.29, 1.82) is 0 Å². The summed E-state index contributed by atoms with van der Waals surface area (Å²) < 4.78 is 6.36. The van der Waals surface area contributed by atoms with Gasteiger partial charge >= 0.3 is 5.97 Å². The van der Waals surface area contributed by atoms with Crippen molar-refractivity contribution < 1.29 is 19.1 Å². The number of imidazole rings is 1. The van der Waals surface area contributed by atoms with Crippen molar-refractivity contribution in [3.05, 3.63) is 82.9 Å². The number of rotatable bonds is 5. The van der Waals surface area contributed by atoms with Gasteiger partial charge in [0, 0.05) is 12.2 Å². The summed E-state index contributed by atoms with van der Waals surface area (Å²) >= 11 is 0. The molecule has 0 spiro atoms. The van der Waals surface area contributed by atoms with Crippen LogP contribution in [0.5, 0.6) is 0 Å². The number of benzene rings is 2. The number of anilines is 1. The van der Waals surface area contributed by atoms with Crippen LogP contribution in [0, 0.1) is 13.8 Å². The molecule has 8 heteroatoms. The number of methoxy groups -OCH3 is 1. The van der Waals surface area contributed by atoms with E-state index in [1.807, 2.05) is 62.4 Å². The fourth-order valence-electron chi connectivity index (χ4n) is 4.11. The van der Waals surface area contributed by atoms with Crippen LogP contribution in [-0.4, -0.2) is 40.0 Å². The van der Waals surface area contributed by atoms with Crippen LogP contribution in [0.2, 0.25) is 0 Å². The van der Waals surface area contributed by atoms with Crippen LogP contribution in [0.1, 0.15) is 44.6 Å². The minimum Gasteiger partial charge on any atom is -0.464 e. The van der Waals surface area contributed by atoms with Crippen LogP contribution in [0.3, 0.4) is 0 Å². The standard InChI is InChI=1S/C25H26N4O4/c1-16-10-11-19(12-17(16)2)29-22(30)21-20(23(31)33-4)27-15-28(21)14-25(29,3)24(32)26-13-18-8-6-5-7-9-18/h5-12,15H,13-14H2,1-4H3,(H,26,32)/t25-/m0/s1. The van der Waals surface area contributed by atoms with Crippen molar-refractivity contribution in [1.82, 2.24) is 14.9 Å². The number of fused-ring (bicyclic) bond motifs is 1. The summed E-state index contributed by atoms with van der Waals surface area (Å²) in [5.74, 6) is -1.49. The average Bonchev–Trinajstić information content (AvgIpc) is 3.23. The van der Waals surface area contributed by atoms with Gasteiger partial charge < -0.3 is 14.6 Å². The maximum Gasteiger partial charge on any atom is 0.359 e. The Bertz CT molecular complexity index is 1230. The van der Waals surface area contributed by atoms with Crippen LogP contribution in [0.15, 0.2) is 54.9 Å². The van der Waals surface area contributed by atoms with Gasteiger partial charge in [0.25, 0.3) is 5.91 Å². The molecule has 0 saturated carbocycles. The van der Waals surface area contributed by atoms with Gasteiger partial charge in [-0.1, -0.05) is 36.4 Å². The highest BCUT2D eigenvalue weighted by molar-refractivity contribution is 6.15. The molecule has 1 atom stereocenters. The second kappa shape index (κ2) is 8.54. The zero-order valence-electron chi connectivity index (χ0n) is 19.1. The van der Waals surface area contributed by atoms with Gasteiger partial charge in [-0.25, -0.2) is 9.78 Å². The normalized spacial score (nSPS) is 17.5. The Balaban J connectivity index is 1.78. The van der Waals surface area contributed by atoms with Crippen LogP contribution < -0.4 is 10.2 Å². The number of aryl methyl sites for hydroxylation is 2. The number of aromatic nitrogens is 2. The second-order valence-electron chi connectivity index (χ2n) is 8.41. The number of amides is 2. The van der Waals surface area contributed by atoms with E-state index in [2.05, 4.69) is 10.3 Å². The molecule has 1 N–H and O–H groups in total. The zero-order valence-corrected chi connectivity index (χ0v) is 19.1. The zero-order chi connectivity index (χ0) is 23.8. The molecule has 0 radical (unpaired) electrons. The lowest BCUT2D eigenvalue weighted by atomic mass is 9.92. The smallest absolute Gasteiger partial charge is 0.359 e. The molecule has 1 aliphatic rings. The Hall–Kier alpha value is -3.94. The fourth-order valence-corrected chi connectivity index (χ4v) is 4.11. The molecule has 0 bridgehead atoms. The third-order valence-electron chi connectivity index (χ3n) is 6.13. The quantitative estimate of drug-likeness (QED) is 0.608. The minimum atomic E-state index is -1.26. The number of nitrogens with zero attached hydrogens (tertiary/aromatic N) is 3. The van der Waals surface area contributed by atoms with E-state index < -0.39 is 17.4 Å². The molecule has 2 amide bonds. The first-order valence-electron chi connectivity index (χ1n) is 10.6. The Morgan fingerprint density at radius 3 is 2.52 bits per heavy atom. The van der Waals surface area contributed by atoms with E-state index in [9.17, 15) is 14.4 Å². The van der Waals surface area contributed by atoms with E-state index in [1.54, 1.807) is 11.5 Å². The maximum atomic E-state index is 13.8. The molecule has 0 saturated heterocycles. The lowest BCUT2D eigenvalue weighted by Crippen LogP contribution is -2.64. The summed E-state index contributed by atoms with van der Waals surface area (Å²) in [5, 5.41) is 2.97. The number of hydrogen-bond acceptors (Lipinski definition) is 5. The van der Waals surface area contributed by atoms with Crippen molar-refractivity contribution in [2.75, 3.05) is 12.0 Å². The molecule has 170 valence electrons. The first-order chi connectivity index (χ1) is 15.8. The lowest BCUT2D eigenvalue weighted by molar-refractivity contribution is -0.126. The van der Waals surface area contributed by atoms with Crippen LogP contribution >= 0.6 is 0 Å². The van der Waals surface area contributed by atoms with Crippen molar-refractivity contribution in [2.45, 2.75) is 39.4 Å². The van der Waals surface area contributed by atoms with E-state index >= 15 is 0 Å². The predicted molar refractivity (Wildman–Crippen MR) is 123 cm³/mol. The summed E-state index contributed by atoms with van der Waals surface area (Å²) in [6.45, 7) is 6.11. The van der Waals surface area contributed by atoms with Gasteiger partial charge in [-0.15, -0.1) is 0 Å². The molecule has 33 heavy (non-hydrogen) atoms. The fraction of sp³-hybridized carbons (Fsp3) is 0.280. The largest absolute Gasteiger partial charge is 0.464 e. The number of esters is 1. The molecule has 1 aromatic heterocycles. The highest BCUT2D eigenvalue weighted by Gasteiger charge is 2.49. The van der Waals surface area contributed by atoms with Gasteiger partial charge in [0.2, 0.25) is 5.91 Å². The Morgan fingerprint density at radius 2 is 1.85 bits per heavy atom. The molecule has 4 rings (SSSR count). The number of carbonyl (C=O) groups is 3. The van der Waals surface area contributed by atoms with Crippen LogP contribution in [0.25, 0.3) is 0 Å². The first-order valence-corrected chi connectivity index (χ1v) is 10.6. The van der Waals surface area contributed by atoms with Crippen LogP contribution in [0.4, 0.5) is 5.69 Å². The molecule has 8 nitrogen and oxygen atoms in total. The van der Waals surface area contributed by atoms with E-state index in [4.69, 9.17) is 4.74 Å². The van der Waals surface area contributed by atoms with Gasteiger partial charge in [0.15, 0.2) is 5.69 Å². The van der Waals surface area contributed by atoms with Crippen molar-refractivity contribution >= 4 is 23.5 Å². The summed E-state index contributed by atoms with van der Waals surface area (Å²) in [6.07, 6.45) is 1.40. The van der Waals surface area contributed by atoms with Gasteiger partial charge in [-0.2, -0.15) is 0 Å². The van der Waals surface area contributed by atoms with Gasteiger partial charge in [-0.05, 0) is 49.6 Å². The van der Waals surface area contributed by atoms with Crippen molar-refractivity contribution in [2.24, 2.45) is 0 Å². The van der Waals surface area contributed by atoms with Crippen molar-refractivity contribution in [3.8, 4) is 0 Å².